The van der Waals surface area contributed by atoms with Gasteiger partial charge in [-0.1, -0.05) is 6.58 Å². The molecule has 0 aliphatic heterocycles. The Labute approximate surface area is 88.8 Å². The summed E-state index contributed by atoms with van der Waals surface area (Å²) in [7, 11) is 0. The summed E-state index contributed by atoms with van der Waals surface area (Å²) in [6.07, 6.45) is 4.41. The topological polar surface area (TPSA) is 34.1 Å². The van der Waals surface area contributed by atoms with Gasteiger partial charge in [-0.2, -0.15) is 0 Å². The van der Waals surface area contributed by atoms with E-state index in [1.807, 2.05) is 13.1 Å². The van der Waals surface area contributed by atoms with Gasteiger partial charge in [-0.25, -0.2) is 4.98 Å². The first kappa shape index (κ1) is 11.2. The SMILES string of the molecule is C=COCCCNCc1cnc(C)s1. The second kappa shape index (κ2) is 6.56. The van der Waals surface area contributed by atoms with Crippen molar-refractivity contribution in [2.75, 3.05) is 13.2 Å². The van der Waals surface area contributed by atoms with Gasteiger partial charge in [-0.3, -0.25) is 0 Å². The molecule has 0 saturated carbocycles. The Morgan fingerprint density at radius 1 is 1.71 bits per heavy atom. The smallest absolute Gasteiger partial charge is 0.0897 e. The van der Waals surface area contributed by atoms with Gasteiger partial charge in [0.2, 0.25) is 0 Å². The molecule has 0 saturated heterocycles. The van der Waals surface area contributed by atoms with Crippen molar-refractivity contribution in [1.29, 1.82) is 0 Å². The third-order valence-corrected chi connectivity index (χ3v) is 2.61. The monoisotopic (exact) mass is 212 g/mol. The zero-order chi connectivity index (χ0) is 10.2. The molecule has 0 spiro atoms. The fraction of sp³-hybridized carbons (Fsp3) is 0.500. The van der Waals surface area contributed by atoms with Crippen LogP contribution in [0.2, 0.25) is 0 Å². The van der Waals surface area contributed by atoms with Crippen LogP contribution in [0.15, 0.2) is 19.0 Å². The molecule has 1 aromatic heterocycles. The Kier molecular flexibility index (Phi) is 5.25. The largest absolute Gasteiger partial charge is 0.502 e. The molecule has 0 aliphatic carbocycles. The first-order valence-electron chi connectivity index (χ1n) is 4.67. The van der Waals surface area contributed by atoms with E-state index in [2.05, 4.69) is 16.9 Å². The van der Waals surface area contributed by atoms with Gasteiger partial charge in [-0.15, -0.1) is 11.3 Å². The van der Waals surface area contributed by atoms with E-state index in [0.29, 0.717) is 0 Å². The normalized spacial score (nSPS) is 10.1. The Hall–Kier alpha value is -0.870. The molecule has 0 aromatic carbocycles. The van der Waals surface area contributed by atoms with Gasteiger partial charge in [0, 0.05) is 17.6 Å². The van der Waals surface area contributed by atoms with Crippen molar-refractivity contribution in [3.63, 3.8) is 0 Å². The summed E-state index contributed by atoms with van der Waals surface area (Å²) in [5, 5.41) is 4.45. The summed E-state index contributed by atoms with van der Waals surface area (Å²) < 4.78 is 5.00. The molecule has 1 rings (SSSR count). The molecule has 14 heavy (non-hydrogen) atoms. The van der Waals surface area contributed by atoms with E-state index >= 15 is 0 Å². The van der Waals surface area contributed by atoms with E-state index in [-0.39, 0.29) is 0 Å². The first-order valence-corrected chi connectivity index (χ1v) is 5.49. The predicted molar refractivity (Wildman–Crippen MR) is 59.3 cm³/mol. The lowest BCUT2D eigenvalue weighted by molar-refractivity contribution is 0.244. The molecule has 0 fully saturated rings. The number of hydrogen-bond acceptors (Lipinski definition) is 4. The lowest BCUT2D eigenvalue weighted by atomic mass is 10.4. The number of ether oxygens (including phenoxy) is 1. The van der Waals surface area contributed by atoms with Crippen molar-refractivity contribution in [2.45, 2.75) is 19.9 Å². The maximum absolute atomic E-state index is 5.00. The fourth-order valence-corrected chi connectivity index (χ4v) is 1.83. The second-order valence-corrected chi connectivity index (χ2v) is 4.23. The molecular weight excluding hydrogens is 196 g/mol. The molecule has 4 heteroatoms. The van der Waals surface area contributed by atoms with Crippen LogP contribution in [0.25, 0.3) is 0 Å². The van der Waals surface area contributed by atoms with Crippen LogP contribution in [-0.2, 0) is 11.3 Å². The minimum absolute atomic E-state index is 0.734. The lowest BCUT2D eigenvalue weighted by Gasteiger charge is -2.02. The predicted octanol–water partition coefficient (Wildman–Crippen LogP) is 2.09. The van der Waals surface area contributed by atoms with Crippen LogP contribution in [0.1, 0.15) is 16.3 Å². The lowest BCUT2D eigenvalue weighted by Crippen LogP contribution is -2.15. The van der Waals surface area contributed by atoms with E-state index in [9.17, 15) is 0 Å². The molecule has 0 radical (unpaired) electrons. The summed E-state index contributed by atoms with van der Waals surface area (Å²) in [4.78, 5) is 5.47. The second-order valence-electron chi connectivity index (χ2n) is 2.91. The highest BCUT2D eigenvalue weighted by atomic mass is 32.1. The molecule has 0 aliphatic rings. The molecule has 0 amide bonds. The summed E-state index contributed by atoms with van der Waals surface area (Å²) in [6, 6.07) is 0. The van der Waals surface area contributed by atoms with Crippen molar-refractivity contribution in [3.8, 4) is 0 Å². The Morgan fingerprint density at radius 3 is 3.21 bits per heavy atom. The van der Waals surface area contributed by atoms with Crippen LogP contribution in [0.5, 0.6) is 0 Å². The molecule has 0 unspecified atom stereocenters. The minimum Gasteiger partial charge on any atom is -0.502 e. The highest BCUT2D eigenvalue weighted by Gasteiger charge is 1.96. The van der Waals surface area contributed by atoms with Crippen LogP contribution >= 0.6 is 11.3 Å². The minimum atomic E-state index is 0.734. The number of aryl methyl sites for hydroxylation is 1. The third kappa shape index (κ3) is 4.39. The number of nitrogens with one attached hydrogen (secondary N) is 1. The van der Waals surface area contributed by atoms with Crippen molar-refractivity contribution < 1.29 is 4.74 Å². The third-order valence-electron chi connectivity index (χ3n) is 1.70. The van der Waals surface area contributed by atoms with Gasteiger partial charge in [0.15, 0.2) is 0 Å². The van der Waals surface area contributed by atoms with E-state index < -0.39 is 0 Å². The summed E-state index contributed by atoms with van der Waals surface area (Å²) in [6.45, 7) is 8.10. The number of hydrogen-bond donors (Lipinski definition) is 1. The molecule has 1 N–H and O–H groups in total. The summed E-state index contributed by atoms with van der Waals surface area (Å²) >= 11 is 1.73. The van der Waals surface area contributed by atoms with Gasteiger partial charge in [0.25, 0.3) is 0 Å². The molecular formula is C10H16N2OS. The van der Waals surface area contributed by atoms with Crippen molar-refractivity contribution in [3.05, 3.63) is 28.9 Å². The zero-order valence-corrected chi connectivity index (χ0v) is 9.27. The molecule has 78 valence electrons. The van der Waals surface area contributed by atoms with E-state index in [1.54, 1.807) is 11.3 Å². The zero-order valence-electron chi connectivity index (χ0n) is 8.45. The molecule has 1 aromatic rings. The molecule has 3 nitrogen and oxygen atoms in total. The van der Waals surface area contributed by atoms with Crippen molar-refractivity contribution >= 4 is 11.3 Å². The van der Waals surface area contributed by atoms with Gasteiger partial charge < -0.3 is 10.1 Å². The van der Waals surface area contributed by atoms with E-state index in [4.69, 9.17) is 4.74 Å². The number of aromatic nitrogens is 1. The molecule has 0 bridgehead atoms. The number of nitrogens with zero attached hydrogens (tertiary/aromatic N) is 1. The average Bonchev–Trinajstić information content (AvgIpc) is 2.58. The molecule has 1 heterocycles. The van der Waals surface area contributed by atoms with Crippen LogP contribution in [0.4, 0.5) is 0 Å². The van der Waals surface area contributed by atoms with Gasteiger partial charge in [-0.05, 0) is 19.9 Å². The standard InChI is InChI=1S/C10H16N2OS/c1-3-13-6-4-5-11-7-10-8-12-9(2)14-10/h3,8,11H,1,4-7H2,2H3. The van der Waals surface area contributed by atoms with Gasteiger partial charge >= 0.3 is 0 Å². The van der Waals surface area contributed by atoms with Crippen LogP contribution in [0, 0.1) is 6.92 Å². The fourth-order valence-electron chi connectivity index (χ4n) is 1.06. The van der Waals surface area contributed by atoms with Crippen LogP contribution in [0.3, 0.4) is 0 Å². The van der Waals surface area contributed by atoms with Crippen LogP contribution in [-0.4, -0.2) is 18.1 Å². The van der Waals surface area contributed by atoms with Gasteiger partial charge in [0.1, 0.15) is 0 Å². The van der Waals surface area contributed by atoms with Crippen LogP contribution < -0.4 is 5.32 Å². The molecule has 0 atom stereocenters. The van der Waals surface area contributed by atoms with Crippen molar-refractivity contribution in [1.82, 2.24) is 10.3 Å². The van der Waals surface area contributed by atoms with Gasteiger partial charge in [0.05, 0.1) is 17.9 Å². The van der Waals surface area contributed by atoms with Crippen molar-refractivity contribution in [2.24, 2.45) is 0 Å². The van der Waals surface area contributed by atoms with E-state index in [0.717, 1.165) is 31.1 Å². The number of thiazole rings is 1. The highest BCUT2D eigenvalue weighted by Crippen LogP contribution is 2.10. The summed E-state index contributed by atoms with van der Waals surface area (Å²) in [5.74, 6) is 0. The first-order chi connectivity index (χ1) is 6.83. The average molecular weight is 212 g/mol. The maximum atomic E-state index is 5.00. The Bertz CT molecular complexity index is 273. The summed E-state index contributed by atoms with van der Waals surface area (Å²) in [5.41, 5.74) is 0. The maximum Gasteiger partial charge on any atom is 0.0897 e. The Morgan fingerprint density at radius 2 is 2.57 bits per heavy atom. The Balaban J connectivity index is 2.01. The highest BCUT2D eigenvalue weighted by molar-refractivity contribution is 7.11. The van der Waals surface area contributed by atoms with E-state index in [1.165, 1.54) is 11.1 Å². The number of rotatable bonds is 7. The quantitative estimate of drug-likeness (QED) is 0.555.